The molecule has 2 rings (SSSR count). The van der Waals surface area contributed by atoms with Crippen molar-refractivity contribution in [2.45, 2.75) is 19.9 Å². The highest BCUT2D eigenvalue weighted by molar-refractivity contribution is 5.99. The van der Waals surface area contributed by atoms with Crippen molar-refractivity contribution in [2.24, 2.45) is 0 Å². The first-order valence-electron chi connectivity index (χ1n) is 7.53. The summed E-state index contributed by atoms with van der Waals surface area (Å²) in [6, 6.07) is 3.37. The lowest BCUT2D eigenvalue weighted by Gasteiger charge is -2.34. The Hall–Kier alpha value is -1.99. The number of methoxy groups -OCH3 is 2. The molecule has 8 heteroatoms. The Morgan fingerprint density at radius 2 is 2.00 bits per heavy atom. The molecule has 1 saturated heterocycles. The SMILES string of the molecule is COc1cc(C(=O)N2CCNC[C@@H]2C)cc(NC(C)=O)c1OC.Cl. The molecule has 2 N–H and O–H groups in total. The predicted molar refractivity (Wildman–Crippen MR) is 94.5 cm³/mol. The summed E-state index contributed by atoms with van der Waals surface area (Å²) < 4.78 is 10.6. The van der Waals surface area contributed by atoms with Crippen LogP contribution in [0.3, 0.4) is 0 Å². The molecule has 134 valence electrons. The first kappa shape index (κ1) is 20.1. The van der Waals surface area contributed by atoms with E-state index in [4.69, 9.17) is 9.47 Å². The summed E-state index contributed by atoms with van der Waals surface area (Å²) in [5.41, 5.74) is 0.880. The Bertz CT molecular complexity index is 609. The van der Waals surface area contributed by atoms with E-state index in [1.165, 1.54) is 21.1 Å². The molecule has 0 saturated carbocycles. The number of carbonyl (C=O) groups is 2. The van der Waals surface area contributed by atoms with Crippen LogP contribution in [0.15, 0.2) is 12.1 Å². The molecule has 7 nitrogen and oxygen atoms in total. The fourth-order valence-corrected chi connectivity index (χ4v) is 2.68. The second kappa shape index (κ2) is 8.75. The minimum Gasteiger partial charge on any atom is -0.493 e. The molecular formula is C16H24ClN3O4. The van der Waals surface area contributed by atoms with E-state index in [0.29, 0.717) is 29.3 Å². The molecule has 1 aromatic rings. The average Bonchev–Trinajstić information content (AvgIpc) is 2.53. The smallest absolute Gasteiger partial charge is 0.254 e. The molecule has 0 unspecified atom stereocenters. The fraction of sp³-hybridized carbons (Fsp3) is 0.500. The van der Waals surface area contributed by atoms with Crippen molar-refractivity contribution in [1.29, 1.82) is 0 Å². The van der Waals surface area contributed by atoms with E-state index >= 15 is 0 Å². The van der Waals surface area contributed by atoms with Gasteiger partial charge in [-0.3, -0.25) is 9.59 Å². The van der Waals surface area contributed by atoms with Crippen LogP contribution in [0.2, 0.25) is 0 Å². The molecule has 0 aromatic heterocycles. The van der Waals surface area contributed by atoms with Gasteiger partial charge in [-0.25, -0.2) is 0 Å². The minimum atomic E-state index is -0.245. The summed E-state index contributed by atoms with van der Waals surface area (Å²) in [6.45, 7) is 5.57. The van der Waals surface area contributed by atoms with Gasteiger partial charge >= 0.3 is 0 Å². The maximum atomic E-state index is 12.8. The zero-order valence-electron chi connectivity index (χ0n) is 14.3. The normalized spacial score (nSPS) is 16.8. The van der Waals surface area contributed by atoms with Gasteiger partial charge in [0.1, 0.15) is 0 Å². The zero-order valence-corrected chi connectivity index (χ0v) is 15.2. The highest BCUT2D eigenvalue weighted by Crippen LogP contribution is 2.37. The van der Waals surface area contributed by atoms with Crippen molar-refractivity contribution in [3.63, 3.8) is 0 Å². The Morgan fingerprint density at radius 3 is 2.54 bits per heavy atom. The molecule has 1 aliphatic heterocycles. The molecule has 2 amide bonds. The third kappa shape index (κ3) is 4.30. The van der Waals surface area contributed by atoms with Gasteiger partial charge in [-0.15, -0.1) is 12.4 Å². The number of ether oxygens (including phenoxy) is 2. The first-order chi connectivity index (χ1) is 11.0. The largest absolute Gasteiger partial charge is 0.493 e. The van der Waals surface area contributed by atoms with Crippen molar-refractivity contribution in [3.05, 3.63) is 17.7 Å². The fourth-order valence-electron chi connectivity index (χ4n) is 2.68. The van der Waals surface area contributed by atoms with E-state index in [2.05, 4.69) is 10.6 Å². The van der Waals surface area contributed by atoms with Gasteiger partial charge < -0.3 is 25.0 Å². The van der Waals surface area contributed by atoms with Crippen molar-refractivity contribution in [2.75, 3.05) is 39.2 Å². The third-order valence-electron chi connectivity index (χ3n) is 3.80. The molecule has 1 atom stereocenters. The molecule has 0 radical (unpaired) electrons. The van der Waals surface area contributed by atoms with E-state index in [-0.39, 0.29) is 30.3 Å². The third-order valence-corrected chi connectivity index (χ3v) is 3.80. The Labute approximate surface area is 148 Å². The first-order valence-corrected chi connectivity index (χ1v) is 7.53. The Balaban J connectivity index is 0.00000288. The van der Waals surface area contributed by atoms with Crippen LogP contribution < -0.4 is 20.1 Å². The van der Waals surface area contributed by atoms with E-state index < -0.39 is 0 Å². The quantitative estimate of drug-likeness (QED) is 0.854. The van der Waals surface area contributed by atoms with Crippen molar-refractivity contribution in [3.8, 4) is 11.5 Å². The number of hydrogen-bond donors (Lipinski definition) is 2. The summed E-state index contributed by atoms with van der Waals surface area (Å²) in [6.07, 6.45) is 0. The van der Waals surface area contributed by atoms with E-state index in [1.807, 2.05) is 11.8 Å². The lowest BCUT2D eigenvalue weighted by Crippen LogP contribution is -2.52. The number of nitrogens with one attached hydrogen (secondary N) is 2. The standard InChI is InChI=1S/C16H23N3O4.ClH/c1-10-9-17-5-6-19(10)16(21)12-7-13(18-11(2)20)15(23-4)14(8-12)22-3;/h7-8,10,17H,5-6,9H2,1-4H3,(H,18,20);1H/t10-;/m0./s1. The lowest BCUT2D eigenvalue weighted by atomic mass is 10.1. The van der Waals surface area contributed by atoms with Crippen LogP contribution in [0.1, 0.15) is 24.2 Å². The number of hydrogen-bond acceptors (Lipinski definition) is 5. The topological polar surface area (TPSA) is 79.9 Å². The van der Waals surface area contributed by atoms with Crippen LogP contribution in [0.25, 0.3) is 0 Å². The zero-order chi connectivity index (χ0) is 17.0. The molecule has 0 bridgehead atoms. The number of carbonyl (C=O) groups excluding carboxylic acids is 2. The van der Waals surface area contributed by atoms with Crippen molar-refractivity contribution < 1.29 is 19.1 Å². The highest BCUT2D eigenvalue weighted by Gasteiger charge is 2.26. The summed E-state index contributed by atoms with van der Waals surface area (Å²) in [7, 11) is 2.99. The maximum Gasteiger partial charge on any atom is 0.254 e. The summed E-state index contributed by atoms with van der Waals surface area (Å²) in [5, 5.41) is 5.93. The number of nitrogens with zero attached hydrogens (tertiary/aromatic N) is 1. The Kier molecular flexibility index (Phi) is 7.31. The molecule has 1 heterocycles. The summed E-state index contributed by atoms with van der Waals surface area (Å²) in [4.78, 5) is 26.0. The average molecular weight is 358 g/mol. The van der Waals surface area contributed by atoms with Crippen LogP contribution in [-0.2, 0) is 4.79 Å². The number of halogens is 1. The van der Waals surface area contributed by atoms with Crippen LogP contribution in [-0.4, -0.2) is 56.6 Å². The van der Waals surface area contributed by atoms with Crippen molar-refractivity contribution in [1.82, 2.24) is 10.2 Å². The molecule has 0 aliphatic carbocycles. The van der Waals surface area contributed by atoms with Crippen LogP contribution >= 0.6 is 12.4 Å². The number of rotatable bonds is 4. The van der Waals surface area contributed by atoms with Gasteiger partial charge in [0.25, 0.3) is 5.91 Å². The number of amides is 2. The van der Waals surface area contributed by atoms with Gasteiger partial charge in [0.15, 0.2) is 11.5 Å². The van der Waals surface area contributed by atoms with Gasteiger partial charge in [0.2, 0.25) is 5.91 Å². The number of anilines is 1. The van der Waals surface area contributed by atoms with Crippen LogP contribution in [0.4, 0.5) is 5.69 Å². The lowest BCUT2D eigenvalue weighted by molar-refractivity contribution is -0.114. The van der Waals surface area contributed by atoms with E-state index in [0.717, 1.165) is 13.1 Å². The van der Waals surface area contributed by atoms with Gasteiger partial charge in [-0.2, -0.15) is 0 Å². The molecule has 1 fully saturated rings. The summed E-state index contributed by atoms with van der Waals surface area (Å²) in [5.74, 6) is 0.467. The van der Waals surface area contributed by atoms with E-state index in [9.17, 15) is 9.59 Å². The second-order valence-corrected chi connectivity index (χ2v) is 5.49. The minimum absolute atomic E-state index is 0. The van der Waals surface area contributed by atoms with Crippen molar-refractivity contribution >= 4 is 29.9 Å². The highest BCUT2D eigenvalue weighted by atomic mass is 35.5. The molecule has 1 aromatic carbocycles. The summed E-state index contributed by atoms with van der Waals surface area (Å²) >= 11 is 0. The van der Waals surface area contributed by atoms with Crippen LogP contribution in [0, 0.1) is 0 Å². The molecular weight excluding hydrogens is 334 g/mol. The van der Waals surface area contributed by atoms with Gasteiger partial charge in [-0.1, -0.05) is 0 Å². The predicted octanol–water partition coefficient (Wildman–Crippen LogP) is 1.52. The molecule has 24 heavy (non-hydrogen) atoms. The van der Waals surface area contributed by atoms with Gasteiger partial charge in [0.05, 0.1) is 19.9 Å². The molecule has 1 aliphatic rings. The van der Waals surface area contributed by atoms with Gasteiger partial charge in [-0.05, 0) is 19.1 Å². The number of piperazine rings is 1. The monoisotopic (exact) mass is 357 g/mol. The number of benzene rings is 1. The molecule has 0 spiro atoms. The second-order valence-electron chi connectivity index (χ2n) is 5.49. The maximum absolute atomic E-state index is 12.8. The van der Waals surface area contributed by atoms with Crippen LogP contribution in [0.5, 0.6) is 11.5 Å². The van der Waals surface area contributed by atoms with Gasteiger partial charge in [0, 0.05) is 38.2 Å². The Morgan fingerprint density at radius 1 is 1.29 bits per heavy atom. The van der Waals surface area contributed by atoms with E-state index in [1.54, 1.807) is 12.1 Å².